The van der Waals surface area contributed by atoms with Gasteiger partial charge >= 0.3 is 0 Å². The lowest BCUT2D eigenvalue weighted by Crippen LogP contribution is -2.19. The molecule has 1 unspecified atom stereocenters. The second kappa shape index (κ2) is 4.99. The van der Waals surface area contributed by atoms with E-state index < -0.39 is 0 Å². The highest BCUT2D eigenvalue weighted by Crippen LogP contribution is 2.24. The topological polar surface area (TPSA) is 25.2 Å². The normalized spacial score (nSPS) is 12.8. The smallest absolute Gasteiger partial charge is 0.134 e. The third kappa shape index (κ3) is 2.17. The van der Waals surface area contributed by atoms with Crippen LogP contribution in [0.2, 0.25) is 0 Å². The summed E-state index contributed by atoms with van der Waals surface area (Å²) in [7, 11) is 0. The molecule has 2 nitrogen and oxygen atoms in total. The third-order valence-corrected chi connectivity index (χ3v) is 2.60. The Hall–Kier alpha value is -1.54. The van der Waals surface area contributed by atoms with E-state index in [2.05, 4.69) is 31.0 Å². The molecular weight excluding hydrogens is 198 g/mol. The highest BCUT2D eigenvalue weighted by atomic mass is 16.3. The van der Waals surface area contributed by atoms with Crippen LogP contribution in [-0.2, 0) is 0 Å². The molecule has 1 N–H and O–H groups in total. The molecule has 0 aliphatic heterocycles. The van der Waals surface area contributed by atoms with Crippen molar-refractivity contribution in [1.82, 2.24) is 5.32 Å². The molecule has 1 aromatic carbocycles. The molecule has 0 aliphatic rings. The van der Waals surface area contributed by atoms with E-state index in [1.54, 1.807) is 0 Å². The highest BCUT2D eigenvalue weighted by Gasteiger charge is 2.11. The first-order chi connectivity index (χ1) is 7.85. The lowest BCUT2D eigenvalue weighted by atomic mass is 10.2. The second-order valence-corrected chi connectivity index (χ2v) is 3.85. The van der Waals surface area contributed by atoms with Crippen molar-refractivity contribution in [2.24, 2.45) is 0 Å². The lowest BCUT2D eigenvalue weighted by Gasteiger charge is -2.10. The van der Waals surface area contributed by atoms with E-state index >= 15 is 0 Å². The molecule has 2 heteroatoms. The summed E-state index contributed by atoms with van der Waals surface area (Å²) < 4.78 is 5.78. The monoisotopic (exact) mass is 215 g/mol. The Balaban J connectivity index is 2.26. The average Bonchev–Trinajstić information content (AvgIpc) is 2.73. The lowest BCUT2D eigenvalue weighted by molar-refractivity contribution is 0.478. The Bertz CT molecular complexity index is 439. The van der Waals surface area contributed by atoms with Crippen molar-refractivity contribution in [3.63, 3.8) is 0 Å². The minimum Gasteiger partial charge on any atom is -0.459 e. The van der Waals surface area contributed by atoms with Crippen molar-refractivity contribution in [3.05, 3.63) is 48.7 Å². The Morgan fingerprint density at radius 2 is 2.25 bits per heavy atom. The molecule has 0 radical (unpaired) electrons. The van der Waals surface area contributed by atoms with Crippen molar-refractivity contribution in [2.45, 2.75) is 19.4 Å². The van der Waals surface area contributed by atoms with Crippen LogP contribution in [0.15, 0.2) is 47.4 Å². The van der Waals surface area contributed by atoms with Crippen LogP contribution in [0.4, 0.5) is 0 Å². The maximum absolute atomic E-state index is 5.78. The van der Waals surface area contributed by atoms with Crippen molar-refractivity contribution in [3.8, 4) is 0 Å². The predicted octanol–water partition coefficient (Wildman–Crippen LogP) is 3.66. The van der Waals surface area contributed by atoms with Gasteiger partial charge in [-0.15, -0.1) is 6.58 Å². The minimum absolute atomic E-state index is 0.104. The van der Waals surface area contributed by atoms with Crippen LogP contribution < -0.4 is 5.32 Å². The largest absolute Gasteiger partial charge is 0.459 e. The highest BCUT2D eigenvalue weighted by molar-refractivity contribution is 5.77. The molecule has 2 aromatic rings. The summed E-state index contributed by atoms with van der Waals surface area (Å²) in [6.45, 7) is 6.95. The number of nitrogens with one attached hydrogen (secondary N) is 1. The van der Waals surface area contributed by atoms with Gasteiger partial charge in [-0.2, -0.15) is 0 Å². The standard InChI is InChI=1S/C14H17NO/c1-3-9-15-12(4-2)14-10-11-7-5-6-8-13(11)16-14/h4-8,10,12,15H,2-3,9H2,1H3. The predicted molar refractivity (Wildman–Crippen MR) is 67.4 cm³/mol. The first kappa shape index (κ1) is 11.0. The Labute approximate surface area is 96.0 Å². The number of furan rings is 1. The van der Waals surface area contributed by atoms with Gasteiger partial charge in [-0.1, -0.05) is 31.2 Å². The quantitative estimate of drug-likeness (QED) is 0.770. The summed E-state index contributed by atoms with van der Waals surface area (Å²) in [5.74, 6) is 0.935. The average molecular weight is 215 g/mol. The molecule has 0 spiro atoms. The molecule has 0 saturated heterocycles. The Kier molecular flexibility index (Phi) is 3.42. The Morgan fingerprint density at radius 1 is 1.44 bits per heavy atom. The number of hydrogen-bond donors (Lipinski definition) is 1. The van der Waals surface area contributed by atoms with Crippen molar-refractivity contribution < 1.29 is 4.42 Å². The summed E-state index contributed by atoms with van der Waals surface area (Å²) in [6, 6.07) is 10.2. The van der Waals surface area contributed by atoms with E-state index in [0.717, 1.165) is 29.7 Å². The van der Waals surface area contributed by atoms with E-state index in [1.807, 2.05) is 24.3 Å². The van der Waals surface area contributed by atoms with Crippen LogP contribution in [0.5, 0.6) is 0 Å². The van der Waals surface area contributed by atoms with E-state index in [-0.39, 0.29) is 6.04 Å². The molecule has 84 valence electrons. The molecule has 0 saturated carbocycles. The van der Waals surface area contributed by atoms with Gasteiger partial charge in [0, 0.05) is 5.39 Å². The summed E-state index contributed by atoms with van der Waals surface area (Å²) >= 11 is 0. The van der Waals surface area contributed by atoms with E-state index in [0.29, 0.717) is 0 Å². The maximum atomic E-state index is 5.78. The maximum Gasteiger partial charge on any atom is 0.134 e. The number of para-hydroxylation sites is 1. The third-order valence-electron chi connectivity index (χ3n) is 2.60. The van der Waals surface area contributed by atoms with Gasteiger partial charge in [-0.05, 0) is 25.1 Å². The molecule has 1 aromatic heterocycles. The fourth-order valence-electron chi connectivity index (χ4n) is 1.76. The molecule has 0 amide bonds. The van der Waals surface area contributed by atoms with Crippen LogP contribution in [0.3, 0.4) is 0 Å². The second-order valence-electron chi connectivity index (χ2n) is 3.85. The van der Waals surface area contributed by atoms with Gasteiger partial charge in [0.05, 0.1) is 6.04 Å². The van der Waals surface area contributed by atoms with E-state index in [1.165, 1.54) is 0 Å². The van der Waals surface area contributed by atoms with Gasteiger partial charge in [0.15, 0.2) is 0 Å². The van der Waals surface area contributed by atoms with Gasteiger partial charge < -0.3 is 9.73 Å². The fraction of sp³-hybridized carbons (Fsp3) is 0.286. The Morgan fingerprint density at radius 3 is 2.94 bits per heavy atom. The van der Waals surface area contributed by atoms with Gasteiger partial charge in [0.1, 0.15) is 11.3 Å². The van der Waals surface area contributed by atoms with E-state index in [9.17, 15) is 0 Å². The van der Waals surface area contributed by atoms with Gasteiger partial charge in [0.25, 0.3) is 0 Å². The first-order valence-electron chi connectivity index (χ1n) is 5.69. The van der Waals surface area contributed by atoms with Crippen LogP contribution in [0.25, 0.3) is 11.0 Å². The first-order valence-corrected chi connectivity index (χ1v) is 5.69. The number of benzene rings is 1. The van der Waals surface area contributed by atoms with Crippen LogP contribution in [0.1, 0.15) is 25.1 Å². The minimum atomic E-state index is 0.104. The molecule has 1 heterocycles. The number of fused-ring (bicyclic) bond motifs is 1. The zero-order valence-corrected chi connectivity index (χ0v) is 9.57. The molecule has 0 bridgehead atoms. The summed E-state index contributed by atoms with van der Waals surface area (Å²) in [5.41, 5.74) is 0.933. The molecule has 1 atom stereocenters. The molecule has 16 heavy (non-hydrogen) atoms. The van der Waals surface area contributed by atoms with Gasteiger partial charge in [-0.25, -0.2) is 0 Å². The SMILES string of the molecule is C=CC(NCCC)c1cc2ccccc2o1. The van der Waals surface area contributed by atoms with Crippen LogP contribution >= 0.6 is 0 Å². The summed E-state index contributed by atoms with van der Waals surface area (Å²) in [4.78, 5) is 0. The molecule has 2 rings (SSSR count). The molecule has 0 fully saturated rings. The summed E-state index contributed by atoms with van der Waals surface area (Å²) in [5, 5.41) is 4.53. The van der Waals surface area contributed by atoms with Crippen molar-refractivity contribution in [1.29, 1.82) is 0 Å². The van der Waals surface area contributed by atoms with Gasteiger partial charge in [0.2, 0.25) is 0 Å². The van der Waals surface area contributed by atoms with Crippen molar-refractivity contribution >= 4 is 11.0 Å². The van der Waals surface area contributed by atoms with Gasteiger partial charge in [-0.3, -0.25) is 0 Å². The molecular formula is C14H17NO. The summed E-state index contributed by atoms with van der Waals surface area (Å²) in [6.07, 6.45) is 2.98. The van der Waals surface area contributed by atoms with Crippen LogP contribution in [-0.4, -0.2) is 6.54 Å². The number of hydrogen-bond acceptors (Lipinski definition) is 2. The van der Waals surface area contributed by atoms with Crippen LogP contribution in [0, 0.1) is 0 Å². The number of rotatable bonds is 5. The molecule has 0 aliphatic carbocycles. The zero-order valence-electron chi connectivity index (χ0n) is 9.57. The van der Waals surface area contributed by atoms with E-state index in [4.69, 9.17) is 4.42 Å². The fourth-order valence-corrected chi connectivity index (χ4v) is 1.76. The zero-order chi connectivity index (χ0) is 11.4. The van der Waals surface area contributed by atoms with Crippen molar-refractivity contribution in [2.75, 3.05) is 6.54 Å².